The number of hydrogen-bond acceptors (Lipinski definition) is 6. The van der Waals surface area contributed by atoms with Gasteiger partial charge in [-0.2, -0.15) is 0 Å². The van der Waals surface area contributed by atoms with Gasteiger partial charge in [-0.1, -0.05) is 33.6 Å². The highest BCUT2D eigenvalue weighted by atomic mass is 79.9. The second kappa shape index (κ2) is 15.3. The Morgan fingerprint density at radius 2 is 1.50 bits per heavy atom. The number of alkyl halides is 1. The summed E-state index contributed by atoms with van der Waals surface area (Å²) in [6.07, 6.45) is 1.74. The molecule has 0 bridgehead atoms. The molecule has 188 valence electrons. The number of carbonyl (C=O) groups is 3. The van der Waals surface area contributed by atoms with E-state index in [1.54, 1.807) is 25.1 Å². The molecule has 0 aliphatic carbocycles. The minimum Gasteiger partial charge on any atom is -0.507 e. The molecular weight excluding hydrogens is 556 g/mol. The zero-order valence-corrected chi connectivity index (χ0v) is 21.7. The summed E-state index contributed by atoms with van der Waals surface area (Å²) in [5.41, 5.74) is 1.39. The zero-order chi connectivity index (χ0) is 26.5. The van der Waals surface area contributed by atoms with E-state index in [4.69, 9.17) is 26.9 Å². The van der Waals surface area contributed by atoms with E-state index < -0.39 is 33.5 Å². The second-order valence-electron chi connectivity index (χ2n) is 6.93. The zero-order valence-electron chi connectivity index (χ0n) is 18.5. The molecule has 12 heteroatoms. The number of rotatable bonds is 8. The summed E-state index contributed by atoms with van der Waals surface area (Å²) < 4.78 is 23.4. The van der Waals surface area contributed by atoms with Crippen molar-refractivity contribution in [3.8, 4) is 5.75 Å². The topological polar surface area (TPSA) is 166 Å². The molecular formula is C22H26BrClO9S. The van der Waals surface area contributed by atoms with E-state index in [2.05, 4.69) is 15.9 Å². The molecule has 9 nitrogen and oxygen atoms in total. The average Bonchev–Trinajstić information content (AvgIpc) is 2.71. The molecule has 0 saturated heterocycles. The number of phenols is 1. The molecule has 0 fully saturated rings. The number of aromatic hydroxyl groups is 1. The predicted octanol–water partition coefficient (Wildman–Crippen LogP) is 4.49. The lowest BCUT2D eigenvalue weighted by Crippen LogP contribution is -2.15. The van der Waals surface area contributed by atoms with E-state index in [1.165, 1.54) is 18.2 Å². The SMILES string of the molecule is Cc1cc(Br)cc(C(=O)O)c1O.Cc1ccc(S(=O)(=O)CC(=O)O)cc1.O=C(O)CCCCCl. The van der Waals surface area contributed by atoms with Crippen LogP contribution in [0.3, 0.4) is 0 Å². The lowest BCUT2D eigenvalue weighted by molar-refractivity contribution is -0.137. The molecule has 34 heavy (non-hydrogen) atoms. The normalized spacial score (nSPS) is 10.2. The van der Waals surface area contributed by atoms with Gasteiger partial charge in [-0.25, -0.2) is 13.2 Å². The molecule has 2 rings (SSSR count). The van der Waals surface area contributed by atoms with Crippen LogP contribution in [0.15, 0.2) is 45.8 Å². The highest BCUT2D eigenvalue weighted by Crippen LogP contribution is 2.26. The Morgan fingerprint density at radius 1 is 0.941 bits per heavy atom. The van der Waals surface area contributed by atoms with Crippen molar-refractivity contribution in [2.75, 3.05) is 11.6 Å². The summed E-state index contributed by atoms with van der Waals surface area (Å²) in [7, 11) is -3.68. The van der Waals surface area contributed by atoms with E-state index in [-0.39, 0.29) is 22.6 Å². The Bertz CT molecular complexity index is 1080. The number of sulfone groups is 1. The van der Waals surface area contributed by atoms with Gasteiger partial charge in [0, 0.05) is 16.8 Å². The Kier molecular flexibility index (Phi) is 14.1. The second-order valence-corrected chi connectivity index (χ2v) is 10.2. The highest BCUT2D eigenvalue weighted by Gasteiger charge is 2.18. The van der Waals surface area contributed by atoms with Crippen LogP contribution < -0.4 is 0 Å². The Morgan fingerprint density at radius 3 is 1.94 bits per heavy atom. The monoisotopic (exact) mass is 580 g/mol. The van der Waals surface area contributed by atoms with E-state index in [0.29, 0.717) is 22.3 Å². The van der Waals surface area contributed by atoms with E-state index in [0.717, 1.165) is 12.0 Å². The molecule has 0 unspecified atom stereocenters. The summed E-state index contributed by atoms with van der Waals surface area (Å²) in [4.78, 5) is 30.7. The van der Waals surface area contributed by atoms with Crippen molar-refractivity contribution in [3.05, 3.63) is 57.6 Å². The standard InChI is InChI=1S/C9H10O4S.C8H7BrO3.C5H9ClO2/c1-7-2-4-8(5-3-7)14(12,13)6-9(10)11;1-4-2-5(9)3-6(7(4)10)8(11)12;6-4-2-1-3-5(7)8/h2-5H,6H2,1H3,(H,10,11);2-3,10H,1H3,(H,11,12);1-4H2,(H,7,8). The number of aliphatic carboxylic acids is 2. The number of hydrogen-bond donors (Lipinski definition) is 4. The van der Waals surface area contributed by atoms with Crippen LogP contribution in [0.5, 0.6) is 5.75 Å². The maximum absolute atomic E-state index is 11.4. The first-order chi connectivity index (χ1) is 15.7. The van der Waals surface area contributed by atoms with Crippen molar-refractivity contribution < 1.29 is 43.2 Å². The number of carboxylic acid groups (broad SMARTS) is 3. The Hall–Kier alpha value is -2.63. The van der Waals surface area contributed by atoms with Crippen molar-refractivity contribution in [1.82, 2.24) is 0 Å². The van der Waals surface area contributed by atoms with Crippen LogP contribution in [0, 0.1) is 13.8 Å². The third-order valence-corrected chi connectivity index (χ3v) is 6.31. The van der Waals surface area contributed by atoms with Crippen molar-refractivity contribution >= 4 is 55.3 Å². The minimum absolute atomic E-state index is 0.0468. The smallest absolute Gasteiger partial charge is 0.339 e. The van der Waals surface area contributed by atoms with Gasteiger partial charge in [-0.3, -0.25) is 9.59 Å². The van der Waals surface area contributed by atoms with E-state index in [1.807, 2.05) is 6.92 Å². The van der Waals surface area contributed by atoms with Crippen LogP contribution in [-0.2, 0) is 19.4 Å². The van der Waals surface area contributed by atoms with Crippen molar-refractivity contribution in [1.29, 1.82) is 0 Å². The highest BCUT2D eigenvalue weighted by molar-refractivity contribution is 9.10. The first-order valence-corrected chi connectivity index (χ1v) is 12.7. The lowest BCUT2D eigenvalue weighted by atomic mass is 10.1. The molecule has 4 N–H and O–H groups in total. The van der Waals surface area contributed by atoms with Crippen LogP contribution in [0.25, 0.3) is 0 Å². The fourth-order valence-electron chi connectivity index (χ4n) is 2.26. The average molecular weight is 582 g/mol. The molecule has 0 aromatic heterocycles. The molecule has 2 aromatic rings. The summed E-state index contributed by atoms with van der Waals surface area (Å²) in [6.45, 7) is 3.47. The molecule has 0 spiro atoms. The van der Waals surface area contributed by atoms with Gasteiger partial charge in [-0.15, -0.1) is 11.6 Å². The van der Waals surface area contributed by atoms with Gasteiger partial charge in [0.05, 0.1) is 4.90 Å². The molecule has 2 aromatic carbocycles. The number of aryl methyl sites for hydroxylation is 2. The fraction of sp³-hybridized carbons (Fsp3) is 0.318. The molecule has 0 saturated carbocycles. The molecule has 0 amide bonds. The van der Waals surface area contributed by atoms with Gasteiger partial charge < -0.3 is 20.4 Å². The van der Waals surface area contributed by atoms with Crippen LogP contribution >= 0.6 is 27.5 Å². The van der Waals surface area contributed by atoms with E-state index in [9.17, 15) is 27.9 Å². The number of carboxylic acids is 3. The summed E-state index contributed by atoms with van der Waals surface area (Å²) >= 11 is 8.43. The van der Waals surface area contributed by atoms with Crippen LogP contribution in [0.1, 0.15) is 40.7 Å². The molecule has 0 heterocycles. The van der Waals surface area contributed by atoms with Crippen LogP contribution in [0.4, 0.5) is 0 Å². The largest absolute Gasteiger partial charge is 0.507 e. The van der Waals surface area contributed by atoms with Crippen molar-refractivity contribution in [3.63, 3.8) is 0 Å². The molecule has 0 aliphatic rings. The van der Waals surface area contributed by atoms with E-state index >= 15 is 0 Å². The maximum atomic E-state index is 11.4. The Labute approximate surface area is 211 Å². The number of aromatic carboxylic acids is 1. The molecule has 0 atom stereocenters. The molecule has 0 radical (unpaired) electrons. The quantitative estimate of drug-likeness (QED) is 0.259. The molecule has 0 aliphatic heterocycles. The third-order valence-electron chi connectivity index (χ3n) is 3.96. The number of halogens is 2. The minimum atomic E-state index is -3.68. The van der Waals surface area contributed by atoms with Crippen molar-refractivity contribution in [2.24, 2.45) is 0 Å². The first kappa shape index (κ1) is 31.4. The van der Waals surface area contributed by atoms with Gasteiger partial charge in [0.2, 0.25) is 0 Å². The summed E-state index contributed by atoms with van der Waals surface area (Å²) in [6, 6.07) is 9.11. The number of unbranched alkanes of at least 4 members (excludes halogenated alkanes) is 1. The van der Waals surface area contributed by atoms with Gasteiger partial charge in [0.1, 0.15) is 11.3 Å². The van der Waals surface area contributed by atoms with Gasteiger partial charge in [0.25, 0.3) is 0 Å². The number of benzene rings is 2. The maximum Gasteiger partial charge on any atom is 0.339 e. The third kappa shape index (κ3) is 12.6. The Balaban J connectivity index is 0.000000500. The summed E-state index contributed by atoms with van der Waals surface area (Å²) in [5.74, 6) is -3.69. The first-order valence-electron chi connectivity index (χ1n) is 9.72. The van der Waals surface area contributed by atoms with Crippen LogP contribution in [-0.4, -0.2) is 58.4 Å². The predicted molar refractivity (Wildman–Crippen MR) is 131 cm³/mol. The lowest BCUT2D eigenvalue weighted by Gasteiger charge is -2.03. The van der Waals surface area contributed by atoms with Crippen LogP contribution in [0.2, 0.25) is 0 Å². The van der Waals surface area contributed by atoms with Gasteiger partial charge in [0.15, 0.2) is 15.6 Å². The van der Waals surface area contributed by atoms with Crippen molar-refractivity contribution in [2.45, 2.75) is 38.0 Å². The fourth-order valence-corrected chi connectivity index (χ4v) is 4.06. The van der Waals surface area contributed by atoms with Gasteiger partial charge in [-0.05, 0) is 56.5 Å². The van der Waals surface area contributed by atoms with Gasteiger partial charge >= 0.3 is 17.9 Å². The summed E-state index contributed by atoms with van der Waals surface area (Å²) in [5, 5.41) is 34.4.